The highest BCUT2D eigenvalue weighted by atomic mass is 35.5. The predicted octanol–water partition coefficient (Wildman–Crippen LogP) is 2.30. The van der Waals surface area contributed by atoms with Crippen LogP contribution in [0.25, 0.3) is 0 Å². The van der Waals surface area contributed by atoms with Gasteiger partial charge in [0.15, 0.2) is 11.6 Å². The van der Waals surface area contributed by atoms with Crippen molar-refractivity contribution in [1.29, 1.82) is 0 Å². The smallest absolute Gasteiger partial charge is 0.224 e. The highest BCUT2D eigenvalue weighted by Gasteiger charge is 2.13. The van der Waals surface area contributed by atoms with Gasteiger partial charge in [0.25, 0.3) is 0 Å². The van der Waals surface area contributed by atoms with Gasteiger partial charge in [0.1, 0.15) is 0 Å². The van der Waals surface area contributed by atoms with Crippen LogP contribution in [0.3, 0.4) is 0 Å². The predicted molar refractivity (Wildman–Crippen MR) is 87.1 cm³/mol. The second-order valence-electron chi connectivity index (χ2n) is 5.50. The van der Waals surface area contributed by atoms with Gasteiger partial charge < -0.3 is 15.4 Å². The zero-order chi connectivity index (χ0) is 15.1. The standard InChI is InChI=1S/C16H23FN2O2.ClH/c1-21-15-5-4-13(9-14(15)17)10-16(20)19-8-6-12-3-2-7-18-11-12;/h4-5,9,12,18H,2-3,6-8,10-11H2,1H3,(H,19,20);1H. The fraction of sp³-hybridized carbons (Fsp3) is 0.562. The monoisotopic (exact) mass is 330 g/mol. The van der Waals surface area contributed by atoms with E-state index >= 15 is 0 Å². The van der Waals surface area contributed by atoms with E-state index < -0.39 is 5.82 Å². The largest absolute Gasteiger partial charge is 0.494 e. The van der Waals surface area contributed by atoms with Crippen molar-refractivity contribution < 1.29 is 13.9 Å². The summed E-state index contributed by atoms with van der Waals surface area (Å²) >= 11 is 0. The molecule has 1 amide bonds. The van der Waals surface area contributed by atoms with Crippen molar-refractivity contribution in [3.05, 3.63) is 29.6 Å². The van der Waals surface area contributed by atoms with E-state index in [2.05, 4.69) is 10.6 Å². The minimum absolute atomic E-state index is 0. The highest BCUT2D eigenvalue weighted by molar-refractivity contribution is 5.85. The van der Waals surface area contributed by atoms with Crippen molar-refractivity contribution in [3.8, 4) is 5.75 Å². The zero-order valence-corrected chi connectivity index (χ0v) is 13.7. The molecule has 1 atom stereocenters. The zero-order valence-electron chi connectivity index (χ0n) is 12.9. The Hall–Kier alpha value is -1.33. The molecule has 1 unspecified atom stereocenters. The Balaban J connectivity index is 0.00000242. The van der Waals surface area contributed by atoms with Crippen LogP contribution in [-0.4, -0.2) is 32.7 Å². The first kappa shape index (κ1) is 18.7. The third-order valence-corrected chi connectivity index (χ3v) is 3.85. The molecule has 4 nitrogen and oxygen atoms in total. The van der Waals surface area contributed by atoms with Crippen LogP contribution in [0.4, 0.5) is 4.39 Å². The number of amides is 1. The number of carbonyl (C=O) groups is 1. The van der Waals surface area contributed by atoms with E-state index in [1.54, 1.807) is 12.1 Å². The minimum Gasteiger partial charge on any atom is -0.494 e. The molecule has 0 spiro atoms. The summed E-state index contributed by atoms with van der Waals surface area (Å²) in [5.41, 5.74) is 0.658. The number of piperidine rings is 1. The molecule has 0 aromatic heterocycles. The summed E-state index contributed by atoms with van der Waals surface area (Å²) < 4.78 is 18.4. The van der Waals surface area contributed by atoms with Crippen molar-refractivity contribution in [2.45, 2.75) is 25.7 Å². The van der Waals surface area contributed by atoms with Crippen LogP contribution in [0.15, 0.2) is 18.2 Å². The van der Waals surface area contributed by atoms with Gasteiger partial charge in [-0.05, 0) is 56.0 Å². The number of nitrogens with one attached hydrogen (secondary N) is 2. The minimum atomic E-state index is -0.434. The lowest BCUT2D eigenvalue weighted by molar-refractivity contribution is -0.120. The lowest BCUT2D eigenvalue weighted by Crippen LogP contribution is -2.33. The molecule has 0 saturated carbocycles. The van der Waals surface area contributed by atoms with Gasteiger partial charge in [0.05, 0.1) is 13.5 Å². The van der Waals surface area contributed by atoms with Gasteiger partial charge in [-0.25, -0.2) is 4.39 Å². The maximum atomic E-state index is 13.5. The van der Waals surface area contributed by atoms with Gasteiger partial charge in [-0.1, -0.05) is 6.07 Å². The summed E-state index contributed by atoms with van der Waals surface area (Å²) in [5, 5.41) is 6.27. The number of hydrogen-bond acceptors (Lipinski definition) is 3. The van der Waals surface area contributed by atoms with Gasteiger partial charge in [-0.3, -0.25) is 4.79 Å². The van der Waals surface area contributed by atoms with Crippen LogP contribution in [0.2, 0.25) is 0 Å². The van der Waals surface area contributed by atoms with Crippen LogP contribution in [-0.2, 0) is 11.2 Å². The Kier molecular flexibility index (Phi) is 8.20. The molecule has 0 aliphatic carbocycles. The summed E-state index contributed by atoms with van der Waals surface area (Å²) in [6.07, 6.45) is 3.63. The Labute approximate surface area is 137 Å². The van der Waals surface area contributed by atoms with E-state index in [4.69, 9.17) is 4.74 Å². The number of hydrogen-bond donors (Lipinski definition) is 2. The molecular weight excluding hydrogens is 307 g/mol. The van der Waals surface area contributed by atoms with Crippen LogP contribution in [0.5, 0.6) is 5.75 Å². The topological polar surface area (TPSA) is 50.4 Å². The molecule has 1 aromatic carbocycles. The number of carbonyl (C=O) groups excluding carboxylic acids is 1. The molecule has 2 N–H and O–H groups in total. The Bertz CT molecular complexity index is 479. The van der Waals surface area contributed by atoms with Crippen molar-refractivity contribution in [2.75, 3.05) is 26.7 Å². The van der Waals surface area contributed by atoms with E-state index in [0.717, 1.165) is 19.5 Å². The van der Waals surface area contributed by atoms with Crippen molar-refractivity contribution in [2.24, 2.45) is 5.92 Å². The third kappa shape index (κ3) is 5.81. The Morgan fingerprint density at radius 1 is 1.50 bits per heavy atom. The summed E-state index contributed by atoms with van der Waals surface area (Å²) in [5.74, 6) is 0.348. The fourth-order valence-corrected chi connectivity index (χ4v) is 2.65. The van der Waals surface area contributed by atoms with Crippen LogP contribution in [0.1, 0.15) is 24.8 Å². The summed E-state index contributed by atoms with van der Waals surface area (Å²) in [6, 6.07) is 4.61. The second-order valence-corrected chi connectivity index (χ2v) is 5.50. The van der Waals surface area contributed by atoms with Gasteiger partial charge in [-0.15, -0.1) is 12.4 Å². The van der Waals surface area contributed by atoms with Crippen molar-refractivity contribution in [1.82, 2.24) is 10.6 Å². The molecule has 1 aliphatic rings. The van der Waals surface area contributed by atoms with E-state index in [1.165, 1.54) is 26.0 Å². The second kappa shape index (κ2) is 9.64. The quantitative estimate of drug-likeness (QED) is 0.841. The molecule has 124 valence electrons. The third-order valence-electron chi connectivity index (χ3n) is 3.85. The van der Waals surface area contributed by atoms with E-state index in [1.807, 2.05) is 0 Å². The molecule has 6 heteroatoms. The Morgan fingerprint density at radius 3 is 2.95 bits per heavy atom. The number of methoxy groups -OCH3 is 1. The molecule has 1 saturated heterocycles. The molecule has 1 fully saturated rings. The molecule has 1 aromatic rings. The van der Waals surface area contributed by atoms with Gasteiger partial charge in [0, 0.05) is 6.54 Å². The number of ether oxygens (including phenoxy) is 1. The highest BCUT2D eigenvalue weighted by Crippen LogP contribution is 2.18. The Morgan fingerprint density at radius 2 is 2.32 bits per heavy atom. The summed E-state index contributed by atoms with van der Waals surface area (Å²) in [7, 11) is 1.42. The van der Waals surface area contributed by atoms with Crippen LogP contribution < -0.4 is 15.4 Å². The lowest BCUT2D eigenvalue weighted by Gasteiger charge is -2.22. The first-order valence-corrected chi connectivity index (χ1v) is 7.49. The summed E-state index contributed by atoms with van der Waals surface area (Å²) in [4.78, 5) is 11.8. The first-order chi connectivity index (χ1) is 10.2. The molecule has 2 rings (SSSR count). The SMILES string of the molecule is COc1ccc(CC(=O)NCCC2CCCNC2)cc1F.Cl. The van der Waals surface area contributed by atoms with Gasteiger partial charge in [0.2, 0.25) is 5.91 Å². The van der Waals surface area contributed by atoms with Crippen LogP contribution in [0, 0.1) is 11.7 Å². The molecule has 1 aliphatic heterocycles. The van der Waals surface area contributed by atoms with Gasteiger partial charge >= 0.3 is 0 Å². The van der Waals surface area contributed by atoms with E-state index in [0.29, 0.717) is 18.0 Å². The van der Waals surface area contributed by atoms with Crippen molar-refractivity contribution in [3.63, 3.8) is 0 Å². The fourth-order valence-electron chi connectivity index (χ4n) is 2.65. The average molecular weight is 331 g/mol. The van der Waals surface area contributed by atoms with Crippen LogP contribution >= 0.6 is 12.4 Å². The lowest BCUT2D eigenvalue weighted by atomic mass is 9.96. The average Bonchev–Trinajstić information content (AvgIpc) is 2.48. The molecule has 1 heterocycles. The number of benzene rings is 1. The summed E-state index contributed by atoms with van der Waals surface area (Å²) in [6.45, 7) is 2.83. The number of halogens is 2. The normalized spacial score (nSPS) is 17.5. The van der Waals surface area contributed by atoms with E-state index in [-0.39, 0.29) is 30.5 Å². The maximum Gasteiger partial charge on any atom is 0.224 e. The molecule has 0 radical (unpaired) electrons. The maximum absolute atomic E-state index is 13.5. The molecule has 22 heavy (non-hydrogen) atoms. The van der Waals surface area contributed by atoms with E-state index in [9.17, 15) is 9.18 Å². The van der Waals surface area contributed by atoms with Gasteiger partial charge in [-0.2, -0.15) is 0 Å². The first-order valence-electron chi connectivity index (χ1n) is 7.49. The molecule has 0 bridgehead atoms. The van der Waals surface area contributed by atoms with Crippen molar-refractivity contribution >= 4 is 18.3 Å². The number of rotatable bonds is 6. The molecular formula is C16H24ClFN2O2.